The van der Waals surface area contributed by atoms with Crippen molar-refractivity contribution < 1.29 is 13.9 Å². The molecule has 0 saturated carbocycles. The second-order valence-corrected chi connectivity index (χ2v) is 1.43. The highest BCUT2D eigenvalue weighted by atomic mass is 19.3. The van der Waals surface area contributed by atoms with Crippen LogP contribution in [0.1, 0.15) is 6.42 Å². The van der Waals surface area contributed by atoms with Gasteiger partial charge in [0.1, 0.15) is 6.10 Å². The van der Waals surface area contributed by atoms with Gasteiger partial charge in [-0.05, 0) is 6.42 Å². The van der Waals surface area contributed by atoms with Gasteiger partial charge in [0, 0.05) is 0 Å². The smallest absolute Gasteiger partial charge is 0.264 e. The summed E-state index contributed by atoms with van der Waals surface area (Å²) in [5.41, 5.74) is 0. The number of alkyl halides is 2. The molecule has 0 aromatic carbocycles. The lowest BCUT2D eigenvalue weighted by Gasteiger charge is -2.03. The van der Waals surface area contributed by atoms with E-state index in [4.69, 9.17) is 5.11 Å². The Morgan fingerprint density at radius 3 is 2.25 bits per heavy atom. The van der Waals surface area contributed by atoms with Gasteiger partial charge in [-0.25, -0.2) is 8.78 Å². The molecule has 0 bridgehead atoms. The molecule has 1 unspecified atom stereocenters. The van der Waals surface area contributed by atoms with Gasteiger partial charge >= 0.3 is 0 Å². The third kappa shape index (κ3) is 2.69. The van der Waals surface area contributed by atoms with Gasteiger partial charge in [0.2, 0.25) is 0 Å². The van der Waals surface area contributed by atoms with Gasteiger partial charge < -0.3 is 5.11 Å². The first-order valence-electron chi connectivity index (χ1n) is 2.25. The highest BCUT2D eigenvalue weighted by Crippen LogP contribution is 2.03. The number of rotatable bonds is 3. The maximum absolute atomic E-state index is 11.3. The fourth-order valence-corrected chi connectivity index (χ4v) is 0.274. The molecule has 0 aliphatic heterocycles. The molecule has 0 aromatic rings. The molecule has 8 heavy (non-hydrogen) atoms. The van der Waals surface area contributed by atoms with Crippen LogP contribution in [-0.2, 0) is 0 Å². The third-order valence-electron chi connectivity index (χ3n) is 0.699. The van der Waals surface area contributed by atoms with Crippen molar-refractivity contribution in [1.29, 1.82) is 0 Å². The molecule has 3 heteroatoms. The van der Waals surface area contributed by atoms with Crippen LogP contribution in [0.3, 0.4) is 0 Å². The molecule has 0 radical (unpaired) electrons. The molecular weight excluding hydrogens is 114 g/mol. The number of aliphatic hydroxyl groups is 1. The summed E-state index contributed by atoms with van der Waals surface area (Å²) < 4.78 is 22.6. The first-order valence-corrected chi connectivity index (χ1v) is 2.25. The standard InChI is InChI=1S/C5H8F2O/c1-2-3-4(8)5(6)7/h2,4-5,8H,1,3H2. The van der Waals surface area contributed by atoms with Crippen LogP contribution in [0.25, 0.3) is 0 Å². The third-order valence-corrected chi connectivity index (χ3v) is 0.699. The average Bonchev–Trinajstić information content (AvgIpc) is 1.67. The molecule has 0 amide bonds. The molecule has 0 aliphatic rings. The van der Waals surface area contributed by atoms with Crippen molar-refractivity contribution in [3.8, 4) is 0 Å². The SMILES string of the molecule is C=CCC(O)C(F)F. The highest BCUT2D eigenvalue weighted by Gasteiger charge is 2.13. The second kappa shape index (κ2) is 3.55. The number of halogens is 2. The van der Waals surface area contributed by atoms with E-state index in [2.05, 4.69) is 6.58 Å². The van der Waals surface area contributed by atoms with E-state index < -0.39 is 12.5 Å². The van der Waals surface area contributed by atoms with Gasteiger partial charge in [-0.2, -0.15) is 0 Å². The summed E-state index contributed by atoms with van der Waals surface area (Å²) in [5, 5.41) is 8.31. The second-order valence-electron chi connectivity index (χ2n) is 1.43. The lowest BCUT2D eigenvalue weighted by Crippen LogP contribution is -2.15. The summed E-state index contributed by atoms with van der Waals surface area (Å²) in [6, 6.07) is 0. The van der Waals surface area contributed by atoms with Gasteiger partial charge in [-0.1, -0.05) is 6.08 Å². The van der Waals surface area contributed by atoms with E-state index >= 15 is 0 Å². The Labute approximate surface area is 46.6 Å². The monoisotopic (exact) mass is 122 g/mol. The van der Waals surface area contributed by atoms with Crippen LogP contribution >= 0.6 is 0 Å². The van der Waals surface area contributed by atoms with E-state index in [1.165, 1.54) is 6.08 Å². The molecule has 0 saturated heterocycles. The first-order chi connectivity index (χ1) is 3.68. The fraction of sp³-hybridized carbons (Fsp3) is 0.600. The first kappa shape index (κ1) is 7.56. The van der Waals surface area contributed by atoms with Crippen molar-refractivity contribution in [2.24, 2.45) is 0 Å². The Bertz CT molecular complexity index is 72.8. The predicted octanol–water partition coefficient (Wildman–Crippen LogP) is 1.19. The molecule has 1 N–H and O–H groups in total. The molecule has 1 nitrogen and oxygen atoms in total. The topological polar surface area (TPSA) is 20.2 Å². The van der Waals surface area contributed by atoms with Gasteiger partial charge in [-0.15, -0.1) is 6.58 Å². The minimum Gasteiger partial charge on any atom is -0.387 e. The Balaban J connectivity index is 3.30. The van der Waals surface area contributed by atoms with Crippen LogP contribution in [0, 0.1) is 0 Å². The molecule has 0 aromatic heterocycles. The zero-order chi connectivity index (χ0) is 6.57. The molecule has 0 rings (SSSR count). The zero-order valence-electron chi connectivity index (χ0n) is 4.35. The van der Waals surface area contributed by atoms with Crippen LogP contribution in [0.2, 0.25) is 0 Å². The van der Waals surface area contributed by atoms with Crippen molar-refractivity contribution in [1.82, 2.24) is 0 Å². The quantitative estimate of drug-likeness (QED) is 0.557. The van der Waals surface area contributed by atoms with Crippen molar-refractivity contribution in [3.63, 3.8) is 0 Å². The molecule has 1 atom stereocenters. The summed E-state index contributed by atoms with van der Waals surface area (Å²) in [5.74, 6) is 0. The van der Waals surface area contributed by atoms with E-state index in [9.17, 15) is 8.78 Å². The van der Waals surface area contributed by atoms with E-state index in [0.717, 1.165) is 0 Å². The van der Waals surface area contributed by atoms with Gasteiger partial charge in [0.05, 0.1) is 0 Å². The Morgan fingerprint density at radius 1 is 1.62 bits per heavy atom. The van der Waals surface area contributed by atoms with Crippen LogP contribution in [0.15, 0.2) is 12.7 Å². The average molecular weight is 122 g/mol. The van der Waals surface area contributed by atoms with Crippen molar-refractivity contribution in [2.45, 2.75) is 19.0 Å². The minimum atomic E-state index is -2.65. The van der Waals surface area contributed by atoms with E-state index in [-0.39, 0.29) is 6.42 Å². The van der Waals surface area contributed by atoms with Crippen LogP contribution in [-0.4, -0.2) is 17.6 Å². The lowest BCUT2D eigenvalue weighted by molar-refractivity contribution is -0.00209. The van der Waals surface area contributed by atoms with E-state index in [1.807, 2.05) is 0 Å². The molecule has 0 spiro atoms. The minimum absolute atomic E-state index is 0.0440. The Kier molecular flexibility index (Phi) is 3.35. The normalized spacial score (nSPS) is 14.0. The maximum Gasteiger partial charge on any atom is 0.264 e. The number of aliphatic hydroxyl groups excluding tert-OH is 1. The predicted molar refractivity (Wildman–Crippen MR) is 26.8 cm³/mol. The van der Waals surface area contributed by atoms with Crippen molar-refractivity contribution in [3.05, 3.63) is 12.7 Å². The molecule has 0 aliphatic carbocycles. The molecular formula is C5H8F2O. The molecule has 0 heterocycles. The summed E-state index contributed by atoms with van der Waals surface area (Å²) in [6.45, 7) is 3.19. The zero-order valence-corrected chi connectivity index (χ0v) is 4.35. The Morgan fingerprint density at radius 2 is 2.12 bits per heavy atom. The Hall–Kier alpha value is -0.440. The van der Waals surface area contributed by atoms with Gasteiger partial charge in [0.15, 0.2) is 0 Å². The number of hydrogen-bond donors (Lipinski definition) is 1. The summed E-state index contributed by atoms with van der Waals surface area (Å²) >= 11 is 0. The maximum atomic E-state index is 11.3. The van der Waals surface area contributed by atoms with Gasteiger partial charge in [-0.3, -0.25) is 0 Å². The van der Waals surface area contributed by atoms with Crippen molar-refractivity contribution in [2.75, 3.05) is 0 Å². The summed E-state index contributed by atoms with van der Waals surface area (Å²) in [4.78, 5) is 0. The number of hydrogen-bond acceptors (Lipinski definition) is 1. The van der Waals surface area contributed by atoms with Crippen molar-refractivity contribution >= 4 is 0 Å². The summed E-state index contributed by atoms with van der Waals surface area (Å²) in [6.07, 6.45) is -2.96. The van der Waals surface area contributed by atoms with E-state index in [0.29, 0.717) is 0 Å². The molecule has 48 valence electrons. The van der Waals surface area contributed by atoms with Crippen LogP contribution in [0.5, 0.6) is 0 Å². The highest BCUT2D eigenvalue weighted by molar-refractivity contribution is 4.73. The lowest BCUT2D eigenvalue weighted by atomic mass is 10.3. The van der Waals surface area contributed by atoms with Crippen LogP contribution in [0.4, 0.5) is 8.78 Å². The molecule has 0 fully saturated rings. The van der Waals surface area contributed by atoms with E-state index in [1.54, 1.807) is 0 Å². The van der Waals surface area contributed by atoms with Crippen LogP contribution < -0.4 is 0 Å². The van der Waals surface area contributed by atoms with Gasteiger partial charge in [0.25, 0.3) is 6.43 Å². The fourth-order valence-electron chi connectivity index (χ4n) is 0.274. The summed E-state index contributed by atoms with van der Waals surface area (Å²) in [7, 11) is 0. The largest absolute Gasteiger partial charge is 0.387 e.